The van der Waals surface area contributed by atoms with E-state index in [0.717, 1.165) is 70.4 Å². The number of hydrazine groups is 1. The van der Waals surface area contributed by atoms with E-state index in [1.54, 1.807) is 5.01 Å². The summed E-state index contributed by atoms with van der Waals surface area (Å²) < 4.78 is 10.3. The molecule has 3 aromatic heterocycles. The van der Waals surface area contributed by atoms with Crippen molar-refractivity contribution in [2.75, 3.05) is 20.3 Å². The van der Waals surface area contributed by atoms with Crippen LogP contribution in [0, 0.1) is 5.92 Å². The molecule has 0 saturated carbocycles. The van der Waals surface area contributed by atoms with Gasteiger partial charge in [-0.2, -0.15) is 5.10 Å². The Kier molecular flexibility index (Phi) is 7.28. The first-order chi connectivity index (χ1) is 19.8. The molecule has 41 heavy (non-hydrogen) atoms. The van der Waals surface area contributed by atoms with Crippen molar-refractivity contribution in [3.8, 4) is 11.1 Å². The molecule has 5 aromatic rings. The predicted molar refractivity (Wildman–Crippen MR) is 166 cm³/mol. The molecule has 0 aliphatic carbocycles. The normalized spacial score (nSPS) is 16.0. The largest absolute Gasteiger partial charge is 0.401 e. The number of nitrogens with zero attached hydrogens (tertiary/aromatic N) is 5. The van der Waals surface area contributed by atoms with Crippen LogP contribution in [0.25, 0.3) is 38.8 Å². The fourth-order valence-electron chi connectivity index (χ4n) is 6.31. The first kappa shape index (κ1) is 27.1. The number of ether oxygens (including phenoxy) is 1. The quantitative estimate of drug-likeness (QED) is 0.188. The van der Waals surface area contributed by atoms with Gasteiger partial charge in [0.2, 0.25) is 0 Å². The number of aromatic nitrogens is 4. The standard InChI is InChI=1S/C33H39N7O/c1-21(2)39-20-27(19-37-39)25-10-11-28-29(16-25)40(30-17-26(18-36-31(28)30)32(22(3)34)38(4)35)33(23-8-6-5-7-9-23)24-12-14-41-15-13-24/h5-11,16-21,24,33H,12-15,34-35H2,1-4H3/b32-22-/t33-/m1/s1. The van der Waals surface area contributed by atoms with Gasteiger partial charge >= 0.3 is 0 Å². The fraction of sp³-hybridized carbons (Fsp3) is 0.333. The van der Waals surface area contributed by atoms with Gasteiger partial charge in [-0.15, -0.1) is 0 Å². The molecule has 8 heteroatoms. The lowest BCUT2D eigenvalue weighted by Crippen LogP contribution is -2.27. The van der Waals surface area contributed by atoms with Crippen LogP contribution < -0.4 is 11.6 Å². The van der Waals surface area contributed by atoms with E-state index in [9.17, 15) is 0 Å². The van der Waals surface area contributed by atoms with E-state index in [-0.39, 0.29) is 6.04 Å². The van der Waals surface area contributed by atoms with Gasteiger partial charge in [-0.05, 0) is 62.8 Å². The van der Waals surface area contributed by atoms with Gasteiger partial charge in [0.1, 0.15) is 0 Å². The smallest absolute Gasteiger partial charge is 0.0960 e. The van der Waals surface area contributed by atoms with Gasteiger partial charge in [0.25, 0.3) is 0 Å². The van der Waals surface area contributed by atoms with Crippen molar-refractivity contribution < 1.29 is 4.74 Å². The van der Waals surface area contributed by atoms with E-state index < -0.39 is 0 Å². The average Bonchev–Trinajstić information content (AvgIpc) is 3.58. The number of allylic oxidation sites excluding steroid dienone is 1. The molecule has 2 aromatic carbocycles. The highest BCUT2D eigenvalue weighted by molar-refractivity contribution is 6.07. The molecule has 1 fully saturated rings. The molecule has 1 atom stereocenters. The molecule has 8 nitrogen and oxygen atoms in total. The highest BCUT2D eigenvalue weighted by Crippen LogP contribution is 2.42. The van der Waals surface area contributed by atoms with E-state index in [0.29, 0.717) is 17.7 Å². The van der Waals surface area contributed by atoms with Crippen molar-refractivity contribution in [1.82, 2.24) is 24.3 Å². The van der Waals surface area contributed by atoms with E-state index in [1.807, 2.05) is 31.0 Å². The summed E-state index contributed by atoms with van der Waals surface area (Å²) in [5.41, 5.74) is 15.3. The Morgan fingerprint density at radius 2 is 1.76 bits per heavy atom. The molecular formula is C33H39N7O. The summed E-state index contributed by atoms with van der Waals surface area (Å²) in [7, 11) is 1.81. The number of hydrogen-bond donors (Lipinski definition) is 2. The summed E-state index contributed by atoms with van der Waals surface area (Å²) in [4.78, 5) is 5.03. The molecule has 6 rings (SSSR count). The lowest BCUT2D eigenvalue weighted by molar-refractivity contribution is 0.0553. The molecule has 1 aliphatic rings. The van der Waals surface area contributed by atoms with E-state index in [2.05, 4.69) is 84.3 Å². The minimum atomic E-state index is 0.104. The zero-order valence-electron chi connectivity index (χ0n) is 24.3. The van der Waals surface area contributed by atoms with Crippen LogP contribution in [0.3, 0.4) is 0 Å². The van der Waals surface area contributed by atoms with Crippen LogP contribution in [0.2, 0.25) is 0 Å². The Morgan fingerprint density at radius 3 is 2.41 bits per heavy atom. The monoisotopic (exact) mass is 549 g/mol. The Morgan fingerprint density at radius 1 is 1.00 bits per heavy atom. The van der Waals surface area contributed by atoms with Crippen LogP contribution in [0.15, 0.2) is 78.9 Å². The second-order valence-electron chi connectivity index (χ2n) is 11.4. The number of benzene rings is 2. The van der Waals surface area contributed by atoms with E-state index in [4.69, 9.17) is 21.3 Å². The number of rotatable bonds is 7. The van der Waals surface area contributed by atoms with E-state index in [1.165, 1.54) is 5.56 Å². The maximum Gasteiger partial charge on any atom is 0.0960 e. The van der Waals surface area contributed by atoms with E-state index >= 15 is 0 Å². The average molecular weight is 550 g/mol. The molecule has 0 amide bonds. The molecule has 1 aliphatic heterocycles. The lowest BCUT2D eigenvalue weighted by Gasteiger charge is -2.33. The van der Waals surface area contributed by atoms with Gasteiger partial charge in [0.05, 0.1) is 34.5 Å². The SMILES string of the molecule is C/C(N)=C(\c1cnc2c3ccc(-c4cnn(C(C)C)c4)cc3n([C@H](c3ccccc3)C3CCOCC3)c2c1)N(C)N. The predicted octanol–water partition coefficient (Wildman–Crippen LogP) is 6.10. The van der Waals surface area contributed by atoms with Crippen molar-refractivity contribution in [1.29, 1.82) is 0 Å². The van der Waals surface area contributed by atoms with Crippen molar-refractivity contribution in [2.24, 2.45) is 17.5 Å². The summed E-state index contributed by atoms with van der Waals surface area (Å²) in [6, 6.07) is 20.1. The molecule has 0 radical (unpaired) electrons. The Bertz CT molecular complexity index is 1700. The molecule has 1 saturated heterocycles. The highest BCUT2D eigenvalue weighted by atomic mass is 16.5. The third-order valence-corrected chi connectivity index (χ3v) is 8.23. The molecule has 0 spiro atoms. The minimum Gasteiger partial charge on any atom is -0.401 e. The number of fused-ring (bicyclic) bond motifs is 3. The second-order valence-corrected chi connectivity index (χ2v) is 11.4. The van der Waals surface area contributed by atoms with Crippen LogP contribution in [-0.4, -0.2) is 44.6 Å². The molecule has 4 heterocycles. The first-order valence-corrected chi connectivity index (χ1v) is 14.4. The third kappa shape index (κ3) is 4.98. The highest BCUT2D eigenvalue weighted by Gasteiger charge is 2.30. The molecule has 0 bridgehead atoms. The van der Waals surface area contributed by atoms with Crippen LogP contribution in [-0.2, 0) is 4.74 Å². The van der Waals surface area contributed by atoms with Crippen molar-refractivity contribution in [3.05, 3.63) is 90.0 Å². The van der Waals surface area contributed by atoms with Crippen molar-refractivity contribution >= 4 is 27.6 Å². The van der Waals surface area contributed by atoms with Gasteiger partial charge < -0.3 is 20.0 Å². The Hall–Kier alpha value is -4.14. The van der Waals surface area contributed by atoms with Crippen molar-refractivity contribution in [3.63, 3.8) is 0 Å². The number of nitrogens with two attached hydrogens (primary N) is 2. The number of pyridine rings is 1. The Balaban J connectivity index is 1.66. The third-order valence-electron chi connectivity index (χ3n) is 8.23. The lowest BCUT2D eigenvalue weighted by atomic mass is 9.86. The minimum absolute atomic E-state index is 0.104. The molecule has 4 N–H and O–H groups in total. The zero-order chi connectivity index (χ0) is 28.7. The van der Waals surface area contributed by atoms with Crippen LogP contribution in [0.5, 0.6) is 0 Å². The maximum absolute atomic E-state index is 6.30. The maximum atomic E-state index is 6.30. The molecule has 0 unspecified atom stereocenters. The van der Waals surface area contributed by atoms with Crippen LogP contribution in [0.4, 0.5) is 0 Å². The Labute approximate surface area is 241 Å². The molecular weight excluding hydrogens is 510 g/mol. The van der Waals surface area contributed by atoms with Gasteiger partial charge in [-0.3, -0.25) is 9.67 Å². The first-order valence-electron chi connectivity index (χ1n) is 14.4. The van der Waals surface area contributed by atoms with Crippen LogP contribution in [0.1, 0.15) is 56.8 Å². The summed E-state index contributed by atoms with van der Waals surface area (Å²) in [5, 5.41) is 7.30. The summed E-state index contributed by atoms with van der Waals surface area (Å²) >= 11 is 0. The summed E-state index contributed by atoms with van der Waals surface area (Å²) in [6.07, 6.45) is 7.95. The van der Waals surface area contributed by atoms with Gasteiger partial charge in [-0.25, -0.2) is 5.84 Å². The topological polar surface area (TPSA) is 100 Å². The summed E-state index contributed by atoms with van der Waals surface area (Å²) in [5.74, 6) is 6.65. The number of hydrogen-bond acceptors (Lipinski definition) is 6. The molecule has 212 valence electrons. The van der Waals surface area contributed by atoms with Crippen LogP contribution >= 0.6 is 0 Å². The van der Waals surface area contributed by atoms with Gasteiger partial charge in [0, 0.05) is 60.9 Å². The zero-order valence-corrected chi connectivity index (χ0v) is 24.3. The fourth-order valence-corrected chi connectivity index (χ4v) is 6.31. The van der Waals surface area contributed by atoms with Gasteiger partial charge in [-0.1, -0.05) is 42.5 Å². The van der Waals surface area contributed by atoms with Gasteiger partial charge in [0.15, 0.2) is 0 Å². The van der Waals surface area contributed by atoms with Crippen molar-refractivity contribution in [2.45, 2.75) is 45.7 Å². The summed E-state index contributed by atoms with van der Waals surface area (Å²) in [6.45, 7) is 7.70. The second kappa shape index (κ2) is 11.0.